The van der Waals surface area contributed by atoms with Crippen LogP contribution < -0.4 is 0 Å². The van der Waals surface area contributed by atoms with Gasteiger partial charge in [0.25, 0.3) is 0 Å². The fraction of sp³-hybridized carbons (Fsp3) is 0.750. The SMILES string of the molecule is CCCCCCC(O)/C(=C\I)C(=O)OCC. The van der Waals surface area contributed by atoms with Crippen molar-refractivity contribution in [1.29, 1.82) is 0 Å². The van der Waals surface area contributed by atoms with Gasteiger partial charge in [-0.15, -0.1) is 0 Å². The highest BCUT2D eigenvalue weighted by Gasteiger charge is 2.18. The van der Waals surface area contributed by atoms with E-state index in [4.69, 9.17) is 4.74 Å². The van der Waals surface area contributed by atoms with E-state index in [1.807, 2.05) is 22.6 Å². The predicted molar refractivity (Wildman–Crippen MR) is 73.5 cm³/mol. The van der Waals surface area contributed by atoms with E-state index in [1.54, 1.807) is 11.0 Å². The third kappa shape index (κ3) is 6.48. The molecule has 0 aliphatic rings. The maximum atomic E-state index is 11.4. The molecule has 1 atom stereocenters. The smallest absolute Gasteiger partial charge is 0.337 e. The van der Waals surface area contributed by atoms with Gasteiger partial charge in [0.1, 0.15) is 0 Å². The van der Waals surface area contributed by atoms with Gasteiger partial charge in [-0.25, -0.2) is 4.79 Å². The maximum Gasteiger partial charge on any atom is 0.337 e. The van der Waals surface area contributed by atoms with E-state index in [-0.39, 0.29) is 0 Å². The lowest BCUT2D eigenvalue weighted by molar-refractivity contribution is -0.139. The van der Waals surface area contributed by atoms with Crippen LogP contribution in [0.3, 0.4) is 0 Å². The highest BCUT2D eigenvalue weighted by molar-refractivity contribution is 14.1. The van der Waals surface area contributed by atoms with Crippen molar-refractivity contribution in [3.05, 3.63) is 9.66 Å². The molecule has 0 rings (SSSR count). The topological polar surface area (TPSA) is 46.5 Å². The van der Waals surface area contributed by atoms with Crippen LogP contribution in [0.25, 0.3) is 0 Å². The second-order valence-corrected chi connectivity index (χ2v) is 4.27. The van der Waals surface area contributed by atoms with Gasteiger partial charge in [-0.05, 0) is 17.4 Å². The molecule has 0 bridgehead atoms. The van der Waals surface area contributed by atoms with Crippen molar-refractivity contribution < 1.29 is 14.6 Å². The molecule has 0 fully saturated rings. The van der Waals surface area contributed by atoms with Crippen LogP contribution in [0.15, 0.2) is 9.66 Å². The molecule has 0 radical (unpaired) electrons. The summed E-state index contributed by atoms with van der Waals surface area (Å²) in [5.41, 5.74) is 0.374. The molecule has 1 unspecified atom stereocenters. The molecule has 0 saturated heterocycles. The molecule has 0 amide bonds. The van der Waals surface area contributed by atoms with Crippen LogP contribution in [0.1, 0.15) is 46.0 Å². The Hall–Kier alpha value is -0.100. The van der Waals surface area contributed by atoms with E-state index in [0.29, 0.717) is 18.6 Å². The zero-order chi connectivity index (χ0) is 12.4. The fourth-order valence-electron chi connectivity index (χ4n) is 1.39. The van der Waals surface area contributed by atoms with Crippen molar-refractivity contribution in [3.8, 4) is 0 Å². The van der Waals surface area contributed by atoms with Crippen molar-refractivity contribution >= 4 is 28.6 Å². The molecule has 0 saturated carbocycles. The minimum atomic E-state index is -0.687. The minimum absolute atomic E-state index is 0.343. The molecule has 0 aromatic rings. The van der Waals surface area contributed by atoms with E-state index in [2.05, 4.69) is 6.92 Å². The molecule has 94 valence electrons. The van der Waals surface area contributed by atoms with Gasteiger partial charge >= 0.3 is 5.97 Å². The summed E-state index contributed by atoms with van der Waals surface area (Å²) in [6, 6.07) is 0. The molecule has 3 nitrogen and oxygen atoms in total. The number of ether oxygens (including phenoxy) is 1. The Balaban J connectivity index is 4.02. The van der Waals surface area contributed by atoms with Crippen LogP contribution in [0.2, 0.25) is 0 Å². The number of carbonyl (C=O) groups excluding carboxylic acids is 1. The second-order valence-electron chi connectivity index (χ2n) is 3.65. The van der Waals surface area contributed by atoms with Crippen molar-refractivity contribution in [3.63, 3.8) is 0 Å². The van der Waals surface area contributed by atoms with Crippen molar-refractivity contribution in [2.45, 2.75) is 52.1 Å². The number of hydrogen-bond donors (Lipinski definition) is 1. The number of esters is 1. The van der Waals surface area contributed by atoms with Crippen molar-refractivity contribution in [1.82, 2.24) is 0 Å². The Labute approximate surface area is 111 Å². The van der Waals surface area contributed by atoms with E-state index < -0.39 is 12.1 Å². The predicted octanol–water partition coefficient (Wildman–Crippen LogP) is 3.20. The minimum Gasteiger partial charge on any atom is -0.463 e. The molecule has 0 aromatic carbocycles. The third-order valence-electron chi connectivity index (χ3n) is 2.32. The van der Waals surface area contributed by atoms with E-state index in [0.717, 1.165) is 12.8 Å². The van der Waals surface area contributed by atoms with Crippen molar-refractivity contribution in [2.24, 2.45) is 0 Å². The van der Waals surface area contributed by atoms with Crippen LogP contribution >= 0.6 is 22.6 Å². The third-order valence-corrected chi connectivity index (χ3v) is 2.99. The zero-order valence-corrected chi connectivity index (χ0v) is 12.2. The van der Waals surface area contributed by atoms with Crippen molar-refractivity contribution in [2.75, 3.05) is 6.61 Å². The van der Waals surface area contributed by atoms with Crippen LogP contribution in [-0.2, 0) is 9.53 Å². The molecule has 0 aliphatic heterocycles. The highest BCUT2D eigenvalue weighted by atomic mass is 127. The Bertz CT molecular complexity index is 226. The zero-order valence-electron chi connectivity index (χ0n) is 10.0. The van der Waals surface area contributed by atoms with E-state index in [1.165, 1.54) is 12.8 Å². The van der Waals surface area contributed by atoms with Gasteiger partial charge in [0.15, 0.2) is 0 Å². The molecular formula is C12H21IO3. The first kappa shape index (κ1) is 15.9. The first-order chi connectivity index (χ1) is 7.67. The first-order valence-corrected chi connectivity index (χ1v) is 7.07. The molecule has 1 N–H and O–H groups in total. The number of unbranched alkanes of at least 4 members (excludes halogenated alkanes) is 3. The Kier molecular flexibility index (Phi) is 10.0. The van der Waals surface area contributed by atoms with E-state index >= 15 is 0 Å². The number of carbonyl (C=O) groups is 1. The van der Waals surface area contributed by atoms with Gasteiger partial charge in [0.2, 0.25) is 0 Å². The molecular weight excluding hydrogens is 319 g/mol. The maximum absolute atomic E-state index is 11.4. The Morgan fingerprint density at radius 1 is 1.38 bits per heavy atom. The largest absolute Gasteiger partial charge is 0.463 e. The summed E-state index contributed by atoms with van der Waals surface area (Å²) < 4.78 is 6.48. The average Bonchev–Trinajstić information content (AvgIpc) is 2.26. The molecule has 0 aliphatic carbocycles. The lowest BCUT2D eigenvalue weighted by Crippen LogP contribution is -2.19. The van der Waals surface area contributed by atoms with Gasteiger partial charge in [0, 0.05) is 0 Å². The standard InChI is InChI=1S/C12H21IO3/c1-3-5-6-7-8-11(14)10(9-13)12(15)16-4-2/h9,11,14H,3-8H2,1-2H3/b10-9+. The number of aliphatic hydroxyl groups excluding tert-OH is 1. The second kappa shape index (κ2) is 10.1. The summed E-state index contributed by atoms with van der Waals surface area (Å²) in [6.45, 7) is 4.25. The lowest BCUT2D eigenvalue weighted by atomic mass is 10.0. The van der Waals surface area contributed by atoms with E-state index in [9.17, 15) is 9.90 Å². The molecule has 0 spiro atoms. The van der Waals surface area contributed by atoms with Gasteiger partial charge in [0.05, 0.1) is 18.3 Å². The van der Waals surface area contributed by atoms with Crippen LogP contribution in [-0.4, -0.2) is 23.8 Å². The molecule has 16 heavy (non-hydrogen) atoms. The molecule has 0 aromatic heterocycles. The summed E-state index contributed by atoms with van der Waals surface area (Å²) in [4.78, 5) is 11.4. The number of halogens is 1. The molecule has 0 heterocycles. The Morgan fingerprint density at radius 3 is 2.56 bits per heavy atom. The average molecular weight is 340 g/mol. The first-order valence-electron chi connectivity index (χ1n) is 5.82. The van der Waals surface area contributed by atoms with Crippen LogP contribution in [0, 0.1) is 0 Å². The van der Waals surface area contributed by atoms with Crippen LogP contribution in [0.4, 0.5) is 0 Å². The fourth-order valence-corrected chi connectivity index (χ4v) is 2.06. The molecule has 4 heteroatoms. The van der Waals surface area contributed by atoms with Gasteiger partial charge < -0.3 is 9.84 Å². The van der Waals surface area contributed by atoms with Gasteiger partial charge in [-0.1, -0.05) is 55.2 Å². The monoisotopic (exact) mass is 340 g/mol. The summed E-state index contributed by atoms with van der Waals surface area (Å²) in [5.74, 6) is -0.403. The number of hydrogen-bond acceptors (Lipinski definition) is 3. The summed E-state index contributed by atoms with van der Waals surface area (Å²) >= 11 is 1.97. The number of aliphatic hydroxyl groups is 1. The lowest BCUT2D eigenvalue weighted by Gasteiger charge is -2.12. The van der Waals surface area contributed by atoms with Gasteiger partial charge in [-0.2, -0.15) is 0 Å². The quantitative estimate of drug-likeness (QED) is 0.319. The van der Waals surface area contributed by atoms with Gasteiger partial charge in [-0.3, -0.25) is 0 Å². The highest BCUT2D eigenvalue weighted by Crippen LogP contribution is 2.15. The summed E-state index contributed by atoms with van der Waals surface area (Å²) in [6.07, 6.45) is 4.34. The summed E-state index contributed by atoms with van der Waals surface area (Å²) in [5, 5.41) is 9.83. The summed E-state index contributed by atoms with van der Waals surface area (Å²) in [7, 11) is 0. The normalized spacial score (nSPS) is 13.6. The van der Waals surface area contributed by atoms with Crippen LogP contribution in [0.5, 0.6) is 0 Å². The number of rotatable bonds is 8. The Morgan fingerprint density at radius 2 is 2.06 bits per heavy atom.